The predicted octanol–water partition coefficient (Wildman–Crippen LogP) is 4.66. The van der Waals surface area contributed by atoms with Crippen molar-refractivity contribution in [1.82, 2.24) is 9.88 Å². The molecule has 4 rings (SSSR count). The summed E-state index contributed by atoms with van der Waals surface area (Å²) in [5.41, 5.74) is 4.34. The van der Waals surface area contributed by atoms with E-state index in [4.69, 9.17) is 9.40 Å². The summed E-state index contributed by atoms with van der Waals surface area (Å²) in [6.45, 7) is 3.94. The number of aromatic nitrogens is 1. The van der Waals surface area contributed by atoms with Gasteiger partial charge in [0.2, 0.25) is 5.89 Å². The molecule has 2 aromatic carbocycles. The normalized spacial score (nSPS) is 17.9. The minimum atomic E-state index is 0.213. The van der Waals surface area contributed by atoms with Gasteiger partial charge in [0, 0.05) is 18.2 Å². The van der Waals surface area contributed by atoms with E-state index in [1.165, 1.54) is 24.0 Å². The number of piperidine rings is 1. The lowest BCUT2D eigenvalue weighted by Crippen LogP contribution is -2.41. The summed E-state index contributed by atoms with van der Waals surface area (Å²) in [7, 11) is 0. The van der Waals surface area contributed by atoms with Crippen LogP contribution in [-0.2, 0) is 6.54 Å². The maximum Gasteiger partial charge on any atom is 0.226 e. The van der Waals surface area contributed by atoms with E-state index in [1.807, 2.05) is 25.1 Å². The lowest BCUT2D eigenvalue weighted by Gasteiger charge is -2.33. The van der Waals surface area contributed by atoms with E-state index in [0.29, 0.717) is 5.89 Å². The molecule has 1 unspecified atom stereocenters. The summed E-state index contributed by atoms with van der Waals surface area (Å²) in [6, 6.07) is 18.9. The highest BCUT2D eigenvalue weighted by molar-refractivity contribution is 5.67. The Kier molecular flexibility index (Phi) is 5.37. The van der Waals surface area contributed by atoms with E-state index < -0.39 is 0 Å². The van der Waals surface area contributed by atoms with Gasteiger partial charge in [-0.05, 0) is 49.6 Å². The molecule has 1 atom stereocenters. The number of benzene rings is 2. The fraction of sp³-hybridized carbons (Fsp3) is 0.348. The van der Waals surface area contributed by atoms with E-state index in [2.05, 4.69) is 41.3 Å². The summed E-state index contributed by atoms with van der Waals surface area (Å²) in [5, 5.41) is 9.63. The molecule has 0 bridgehead atoms. The summed E-state index contributed by atoms with van der Waals surface area (Å²) >= 11 is 0. The monoisotopic (exact) mass is 362 g/mol. The highest BCUT2D eigenvalue weighted by atomic mass is 16.4. The van der Waals surface area contributed by atoms with Crippen molar-refractivity contribution in [3.63, 3.8) is 0 Å². The SMILES string of the molecule is Cc1oc(-c2ccc(-c3ccccc3)cc2)nc1CN1CCCCC1CO. The zero-order chi connectivity index (χ0) is 18.6. The molecule has 1 fully saturated rings. The van der Waals surface area contributed by atoms with E-state index in [-0.39, 0.29) is 12.6 Å². The molecule has 0 aliphatic carbocycles. The van der Waals surface area contributed by atoms with Crippen LogP contribution in [0.1, 0.15) is 30.7 Å². The Balaban J connectivity index is 1.52. The first-order valence-electron chi connectivity index (χ1n) is 9.71. The van der Waals surface area contributed by atoms with Crippen LogP contribution in [0.2, 0.25) is 0 Å². The average molecular weight is 362 g/mol. The Hall–Kier alpha value is -2.43. The Morgan fingerprint density at radius 3 is 2.44 bits per heavy atom. The molecule has 0 amide bonds. The average Bonchev–Trinajstić information content (AvgIpc) is 3.09. The molecule has 3 aromatic rings. The number of aryl methyl sites for hydroxylation is 1. The van der Waals surface area contributed by atoms with Crippen molar-refractivity contribution in [3.8, 4) is 22.6 Å². The van der Waals surface area contributed by atoms with E-state index >= 15 is 0 Å². The maximum absolute atomic E-state index is 9.63. The van der Waals surface area contributed by atoms with Gasteiger partial charge < -0.3 is 9.52 Å². The molecule has 140 valence electrons. The lowest BCUT2D eigenvalue weighted by atomic mass is 10.0. The molecule has 1 aliphatic rings. The molecule has 0 saturated carbocycles. The van der Waals surface area contributed by atoms with Crippen molar-refractivity contribution in [3.05, 3.63) is 66.1 Å². The van der Waals surface area contributed by atoms with Gasteiger partial charge in [0.25, 0.3) is 0 Å². The van der Waals surface area contributed by atoms with Crippen molar-refractivity contribution >= 4 is 0 Å². The molecule has 0 spiro atoms. The number of rotatable bonds is 5. The van der Waals surface area contributed by atoms with Gasteiger partial charge in [-0.15, -0.1) is 0 Å². The van der Waals surface area contributed by atoms with Crippen LogP contribution in [0.3, 0.4) is 0 Å². The summed E-state index contributed by atoms with van der Waals surface area (Å²) in [4.78, 5) is 7.09. The summed E-state index contributed by atoms with van der Waals surface area (Å²) in [5.74, 6) is 1.53. The van der Waals surface area contributed by atoms with Gasteiger partial charge in [-0.25, -0.2) is 4.98 Å². The Morgan fingerprint density at radius 1 is 1.00 bits per heavy atom. The Labute approximate surface area is 160 Å². The minimum absolute atomic E-state index is 0.213. The standard InChI is InChI=1S/C23H26N2O2/c1-17-22(15-25-14-6-5-9-21(25)16-26)24-23(27-17)20-12-10-19(11-13-20)18-7-3-2-4-8-18/h2-4,7-8,10-13,21,26H,5-6,9,14-16H2,1H3. The number of aliphatic hydroxyl groups excluding tert-OH is 1. The number of aliphatic hydroxyl groups is 1. The molecule has 1 aliphatic heterocycles. The van der Waals surface area contributed by atoms with Gasteiger partial charge in [0.05, 0.1) is 12.3 Å². The van der Waals surface area contributed by atoms with Crippen LogP contribution in [0.25, 0.3) is 22.6 Å². The number of hydrogen-bond acceptors (Lipinski definition) is 4. The van der Waals surface area contributed by atoms with Crippen LogP contribution in [0, 0.1) is 6.92 Å². The van der Waals surface area contributed by atoms with Crippen LogP contribution >= 0.6 is 0 Å². The number of nitrogens with zero attached hydrogens (tertiary/aromatic N) is 2. The van der Waals surface area contributed by atoms with Crippen molar-refractivity contribution < 1.29 is 9.52 Å². The first-order valence-corrected chi connectivity index (χ1v) is 9.71. The number of hydrogen-bond donors (Lipinski definition) is 1. The molecule has 4 nitrogen and oxygen atoms in total. The Morgan fingerprint density at radius 2 is 1.70 bits per heavy atom. The first-order chi connectivity index (χ1) is 13.2. The van der Waals surface area contributed by atoms with Crippen LogP contribution in [0.15, 0.2) is 59.0 Å². The van der Waals surface area contributed by atoms with Gasteiger partial charge in [-0.1, -0.05) is 48.9 Å². The molecular weight excluding hydrogens is 336 g/mol. The molecule has 27 heavy (non-hydrogen) atoms. The quantitative estimate of drug-likeness (QED) is 0.717. The first kappa shape index (κ1) is 18.0. The molecule has 4 heteroatoms. The second-order valence-electron chi connectivity index (χ2n) is 7.27. The lowest BCUT2D eigenvalue weighted by molar-refractivity contribution is 0.0828. The molecule has 2 heterocycles. The van der Waals surface area contributed by atoms with Crippen molar-refractivity contribution in [2.45, 2.75) is 38.8 Å². The molecule has 0 radical (unpaired) electrons. The zero-order valence-corrected chi connectivity index (χ0v) is 15.8. The maximum atomic E-state index is 9.63. The van der Waals surface area contributed by atoms with Gasteiger partial charge in [-0.2, -0.15) is 0 Å². The van der Waals surface area contributed by atoms with Gasteiger partial charge in [0.1, 0.15) is 5.76 Å². The third-order valence-corrected chi connectivity index (χ3v) is 5.44. The van der Waals surface area contributed by atoms with E-state index in [9.17, 15) is 5.11 Å². The second-order valence-corrected chi connectivity index (χ2v) is 7.27. The van der Waals surface area contributed by atoms with Crippen LogP contribution in [0.4, 0.5) is 0 Å². The molecule has 1 N–H and O–H groups in total. The second kappa shape index (κ2) is 8.07. The van der Waals surface area contributed by atoms with Crippen LogP contribution < -0.4 is 0 Å². The predicted molar refractivity (Wildman–Crippen MR) is 107 cm³/mol. The van der Waals surface area contributed by atoms with Crippen molar-refractivity contribution in [2.75, 3.05) is 13.2 Å². The third-order valence-electron chi connectivity index (χ3n) is 5.44. The topological polar surface area (TPSA) is 49.5 Å². The highest BCUT2D eigenvalue weighted by Gasteiger charge is 2.24. The van der Waals surface area contributed by atoms with E-state index in [0.717, 1.165) is 36.5 Å². The number of likely N-dealkylation sites (tertiary alicyclic amines) is 1. The van der Waals surface area contributed by atoms with Crippen molar-refractivity contribution in [2.24, 2.45) is 0 Å². The van der Waals surface area contributed by atoms with Crippen LogP contribution in [0.5, 0.6) is 0 Å². The minimum Gasteiger partial charge on any atom is -0.441 e. The summed E-state index contributed by atoms with van der Waals surface area (Å²) in [6.07, 6.45) is 3.43. The zero-order valence-electron chi connectivity index (χ0n) is 15.8. The largest absolute Gasteiger partial charge is 0.441 e. The molecular formula is C23H26N2O2. The van der Waals surface area contributed by atoms with Crippen molar-refractivity contribution in [1.29, 1.82) is 0 Å². The van der Waals surface area contributed by atoms with Gasteiger partial charge in [0.15, 0.2) is 0 Å². The molecule has 1 aromatic heterocycles. The van der Waals surface area contributed by atoms with Gasteiger partial charge >= 0.3 is 0 Å². The molecule has 1 saturated heterocycles. The van der Waals surface area contributed by atoms with Gasteiger partial charge in [-0.3, -0.25) is 4.90 Å². The highest BCUT2D eigenvalue weighted by Crippen LogP contribution is 2.27. The number of oxazole rings is 1. The fourth-order valence-electron chi connectivity index (χ4n) is 3.80. The fourth-order valence-corrected chi connectivity index (χ4v) is 3.80. The van der Waals surface area contributed by atoms with Crippen LogP contribution in [-0.4, -0.2) is 34.2 Å². The summed E-state index contributed by atoms with van der Waals surface area (Å²) < 4.78 is 5.96. The Bertz CT molecular complexity index is 871. The smallest absolute Gasteiger partial charge is 0.226 e. The third kappa shape index (κ3) is 3.97. The van der Waals surface area contributed by atoms with E-state index in [1.54, 1.807) is 0 Å².